The zero-order chi connectivity index (χ0) is 18.4. The van der Waals surface area contributed by atoms with Crippen LogP contribution in [0.25, 0.3) is 0 Å². The summed E-state index contributed by atoms with van der Waals surface area (Å²) in [5.41, 5.74) is 3.48. The third-order valence-corrected chi connectivity index (χ3v) is 6.89. The van der Waals surface area contributed by atoms with E-state index in [1.54, 1.807) is 49.5 Å². The zero-order valence-electron chi connectivity index (χ0n) is 14.4. The number of hydrazone groups is 1. The fourth-order valence-corrected chi connectivity index (χ4v) is 5.19. The number of nitrogens with zero attached hydrogens (tertiary/aromatic N) is 2. The maximum absolute atomic E-state index is 12.1. The number of hydrogen-bond donors (Lipinski definition) is 1. The largest absolute Gasteiger partial charge is 0.487 e. The highest BCUT2D eigenvalue weighted by Crippen LogP contribution is 2.45. The number of benzene rings is 1. The lowest BCUT2D eigenvalue weighted by Crippen LogP contribution is -2.26. The summed E-state index contributed by atoms with van der Waals surface area (Å²) in [5.74, 6) is 2.15. The third kappa shape index (κ3) is 5.37. The van der Waals surface area contributed by atoms with E-state index in [2.05, 4.69) is 17.5 Å². The molecule has 1 amide bonds. The van der Waals surface area contributed by atoms with Gasteiger partial charge in [-0.25, -0.2) is 5.43 Å². The minimum atomic E-state index is -0.490. The molecule has 1 heterocycles. The first kappa shape index (κ1) is 19.6. The smallest absolute Gasteiger partial charge is 0.311 e. The lowest BCUT2D eigenvalue weighted by molar-refractivity contribution is -0.385. The van der Waals surface area contributed by atoms with Gasteiger partial charge in [-0.3, -0.25) is 14.9 Å². The second kappa shape index (κ2) is 8.57. The molecule has 0 radical (unpaired) electrons. The van der Waals surface area contributed by atoms with Crippen LogP contribution in [0.1, 0.15) is 32.8 Å². The Morgan fingerprint density at radius 2 is 2.12 bits per heavy atom. The first-order valence-electron chi connectivity index (χ1n) is 7.87. The SMILES string of the molecule is CCOc1ccc(/C(C)=N\NC(=O)CC2(C)SCCS2)cc1[N+](=O)[O-]. The summed E-state index contributed by atoms with van der Waals surface area (Å²) in [7, 11) is 0. The fraction of sp³-hybridized carbons (Fsp3) is 0.500. The van der Waals surface area contributed by atoms with Gasteiger partial charge in [0.15, 0.2) is 5.75 Å². The van der Waals surface area contributed by atoms with E-state index < -0.39 is 4.92 Å². The van der Waals surface area contributed by atoms with Crippen LogP contribution in [-0.4, -0.2) is 38.7 Å². The van der Waals surface area contributed by atoms with Crippen molar-refractivity contribution in [3.63, 3.8) is 0 Å². The van der Waals surface area contributed by atoms with Gasteiger partial charge < -0.3 is 4.74 Å². The van der Waals surface area contributed by atoms with Gasteiger partial charge in [0.05, 0.1) is 27.7 Å². The molecular formula is C16H21N3O4S2. The highest BCUT2D eigenvalue weighted by atomic mass is 32.2. The predicted molar refractivity (Wildman–Crippen MR) is 103 cm³/mol. The molecule has 1 aliphatic rings. The summed E-state index contributed by atoms with van der Waals surface area (Å²) in [4.78, 5) is 22.8. The number of carbonyl (C=O) groups is 1. The highest BCUT2D eigenvalue weighted by molar-refractivity contribution is 8.21. The Morgan fingerprint density at radius 1 is 1.44 bits per heavy atom. The average molecular weight is 383 g/mol. The van der Waals surface area contributed by atoms with E-state index in [1.807, 2.05) is 0 Å². The Hall–Kier alpha value is -1.74. The van der Waals surface area contributed by atoms with Crippen LogP contribution in [0.2, 0.25) is 0 Å². The minimum absolute atomic E-state index is 0.106. The van der Waals surface area contributed by atoms with Crippen LogP contribution < -0.4 is 10.2 Å². The Bertz CT molecular complexity index is 688. The molecule has 1 fully saturated rings. The molecule has 0 atom stereocenters. The molecule has 0 saturated carbocycles. The zero-order valence-corrected chi connectivity index (χ0v) is 16.0. The normalized spacial score (nSPS) is 16.5. The van der Waals surface area contributed by atoms with Crippen molar-refractivity contribution in [3.05, 3.63) is 33.9 Å². The van der Waals surface area contributed by atoms with Crippen LogP contribution in [0, 0.1) is 10.1 Å². The second-order valence-corrected chi connectivity index (χ2v) is 9.07. The molecule has 1 N–H and O–H groups in total. The van der Waals surface area contributed by atoms with Crippen LogP contribution in [0.3, 0.4) is 0 Å². The van der Waals surface area contributed by atoms with Crippen LogP contribution in [-0.2, 0) is 4.79 Å². The number of thioether (sulfide) groups is 2. The number of rotatable bonds is 7. The molecule has 136 valence electrons. The molecule has 1 aliphatic heterocycles. The standard InChI is InChI=1S/C16H21N3O4S2/c1-4-23-14-6-5-12(9-13(14)19(21)22)11(2)17-18-15(20)10-16(3)24-7-8-25-16/h5-6,9H,4,7-8,10H2,1-3H3,(H,18,20)/b17-11-. The summed E-state index contributed by atoms with van der Waals surface area (Å²) in [6.07, 6.45) is 0.378. The molecule has 0 bridgehead atoms. The average Bonchev–Trinajstić information content (AvgIpc) is 2.99. The summed E-state index contributed by atoms with van der Waals surface area (Å²) >= 11 is 3.56. The minimum Gasteiger partial charge on any atom is -0.487 e. The molecule has 0 aliphatic carbocycles. The Kier molecular flexibility index (Phi) is 6.71. The van der Waals surface area contributed by atoms with E-state index in [4.69, 9.17) is 4.74 Å². The van der Waals surface area contributed by atoms with Gasteiger partial charge in [-0.1, -0.05) is 0 Å². The van der Waals surface area contributed by atoms with Crippen LogP contribution in [0.5, 0.6) is 5.75 Å². The molecule has 0 spiro atoms. The quantitative estimate of drug-likeness (QED) is 0.440. The first-order chi connectivity index (χ1) is 11.8. The maximum atomic E-state index is 12.1. The molecule has 7 nitrogen and oxygen atoms in total. The van der Waals surface area contributed by atoms with Crippen molar-refractivity contribution in [1.29, 1.82) is 0 Å². The molecular weight excluding hydrogens is 362 g/mol. The van der Waals surface area contributed by atoms with E-state index in [9.17, 15) is 14.9 Å². The van der Waals surface area contributed by atoms with Gasteiger partial charge in [-0.15, -0.1) is 23.5 Å². The number of ether oxygens (including phenoxy) is 1. The van der Waals surface area contributed by atoms with Gasteiger partial charge in [-0.05, 0) is 32.9 Å². The molecule has 1 aromatic carbocycles. The highest BCUT2D eigenvalue weighted by Gasteiger charge is 2.32. The fourth-order valence-electron chi connectivity index (χ4n) is 2.36. The van der Waals surface area contributed by atoms with Crippen molar-refractivity contribution < 1.29 is 14.5 Å². The Labute approximate surface area is 155 Å². The van der Waals surface area contributed by atoms with Crippen molar-refractivity contribution in [2.75, 3.05) is 18.1 Å². The molecule has 1 saturated heterocycles. The maximum Gasteiger partial charge on any atom is 0.311 e. The number of carbonyl (C=O) groups excluding carboxylic acids is 1. The molecule has 1 aromatic rings. The van der Waals surface area contributed by atoms with Gasteiger partial charge in [0.25, 0.3) is 0 Å². The van der Waals surface area contributed by atoms with Crippen molar-refractivity contribution in [1.82, 2.24) is 5.43 Å². The topological polar surface area (TPSA) is 93.8 Å². The molecule has 9 heteroatoms. The van der Waals surface area contributed by atoms with Crippen LogP contribution in [0.15, 0.2) is 23.3 Å². The second-order valence-electron chi connectivity index (χ2n) is 5.61. The number of nitro groups is 1. The van der Waals surface area contributed by atoms with E-state index >= 15 is 0 Å². The van der Waals surface area contributed by atoms with Crippen molar-refractivity contribution in [2.24, 2.45) is 5.10 Å². The van der Waals surface area contributed by atoms with E-state index in [0.29, 0.717) is 24.3 Å². The summed E-state index contributed by atoms with van der Waals surface area (Å²) < 4.78 is 5.16. The van der Waals surface area contributed by atoms with Gasteiger partial charge in [0.1, 0.15) is 0 Å². The Morgan fingerprint density at radius 3 is 2.72 bits per heavy atom. The summed E-state index contributed by atoms with van der Waals surface area (Å²) in [6.45, 7) is 5.86. The van der Waals surface area contributed by atoms with Gasteiger partial charge in [0, 0.05) is 23.1 Å². The van der Waals surface area contributed by atoms with E-state index in [1.165, 1.54) is 6.07 Å². The monoisotopic (exact) mass is 383 g/mol. The number of nitrogens with one attached hydrogen (secondary N) is 1. The third-order valence-electron chi connectivity index (χ3n) is 3.60. The lowest BCUT2D eigenvalue weighted by atomic mass is 10.1. The van der Waals surface area contributed by atoms with Gasteiger partial charge in [-0.2, -0.15) is 5.10 Å². The lowest BCUT2D eigenvalue weighted by Gasteiger charge is -2.19. The molecule has 25 heavy (non-hydrogen) atoms. The number of amides is 1. The molecule has 2 rings (SSSR count). The Balaban J connectivity index is 2.07. The first-order valence-corrected chi connectivity index (χ1v) is 9.84. The van der Waals surface area contributed by atoms with Crippen LogP contribution in [0.4, 0.5) is 5.69 Å². The van der Waals surface area contributed by atoms with Gasteiger partial charge in [0.2, 0.25) is 5.91 Å². The van der Waals surface area contributed by atoms with Gasteiger partial charge >= 0.3 is 5.69 Å². The molecule has 0 aromatic heterocycles. The predicted octanol–water partition coefficient (Wildman–Crippen LogP) is 3.42. The van der Waals surface area contributed by atoms with Crippen molar-refractivity contribution in [2.45, 2.75) is 31.3 Å². The molecule has 0 unspecified atom stereocenters. The number of nitro benzene ring substituents is 1. The summed E-state index contributed by atoms with van der Waals surface area (Å²) in [6, 6.07) is 4.64. The van der Waals surface area contributed by atoms with E-state index in [0.717, 1.165) is 11.5 Å². The van der Waals surface area contributed by atoms with Crippen molar-refractivity contribution >= 4 is 40.8 Å². The number of hydrogen-bond acceptors (Lipinski definition) is 7. The van der Waals surface area contributed by atoms with Crippen molar-refractivity contribution in [3.8, 4) is 5.75 Å². The van der Waals surface area contributed by atoms with E-state index in [-0.39, 0.29) is 21.4 Å². The van der Waals surface area contributed by atoms with Crippen LogP contribution >= 0.6 is 23.5 Å². The summed E-state index contributed by atoms with van der Waals surface area (Å²) in [5, 5.41) is 15.3.